The Balaban J connectivity index is 1.63. The monoisotopic (exact) mass is 500 g/mol. The summed E-state index contributed by atoms with van der Waals surface area (Å²) in [6.45, 7) is 13.4. The Labute approximate surface area is 218 Å². The Morgan fingerprint density at radius 1 is 1.05 bits per heavy atom. The number of fused-ring (bicyclic) bond motifs is 1. The highest BCUT2D eigenvalue weighted by Crippen LogP contribution is 2.38. The molecule has 0 radical (unpaired) electrons. The number of methoxy groups -OCH3 is 1. The number of aromatic amines is 1. The molecule has 194 valence electrons. The fraction of sp³-hybridized carbons (Fsp3) is 0.333. The zero-order valence-electron chi connectivity index (χ0n) is 22.5. The van der Waals surface area contributed by atoms with Gasteiger partial charge in [0.2, 0.25) is 0 Å². The molecular weight excluding hydrogens is 464 g/mol. The number of H-pyrrole nitrogens is 1. The zero-order chi connectivity index (χ0) is 26.7. The second-order valence-electron chi connectivity index (χ2n) is 9.40. The summed E-state index contributed by atoms with van der Waals surface area (Å²) in [7, 11) is 1.66. The maximum Gasteiger partial charge on any atom is 0.256 e. The van der Waals surface area contributed by atoms with Gasteiger partial charge < -0.3 is 25.3 Å². The van der Waals surface area contributed by atoms with Crippen molar-refractivity contribution in [2.75, 3.05) is 38.6 Å². The normalized spacial score (nSPS) is 13.7. The van der Waals surface area contributed by atoms with Crippen LogP contribution in [0.25, 0.3) is 22.8 Å². The van der Waals surface area contributed by atoms with Crippen LogP contribution in [0.3, 0.4) is 0 Å². The topological polar surface area (TPSA) is 86.5 Å². The van der Waals surface area contributed by atoms with Gasteiger partial charge in [-0.3, -0.25) is 9.59 Å². The number of likely N-dealkylation sites (N-methyl/N-ethyl adjacent to an activating group) is 1. The van der Waals surface area contributed by atoms with Gasteiger partial charge in [0, 0.05) is 35.7 Å². The molecule has 2 aromatic carbocycles. The highest BCUT2D eigenvalue weighted by atomic mass is 16.5. The lowest BCUT2D eigenvalue weighted by atomic mass is 9.96. The van der Waals surface area contributed by atoms with Crippen molar-refractivity contribution < 1.29 is 14.3 Å². The first-order valence-corrected chi connectivity index (χ1v) is 12.8. The minimum absolute atomic E-state index is 0.100. The highest BCUT2D eigenvalue weighted by Gasteiger charge is 2.26. The van der Waals surface area contributed by atoms with Crippen molar-refractivity contribution in [1.82, 2.24) is 15.2 Å². The molecule has 0 saturated carbocycles. The summed E-state index contributed by atoms with van der Waals surface area (Å²) in [6.07, 6.45) is 1.85. The SMILES string of the molecule is CCN(CC)CCNC(=O)c1c(C)[nH]c(/C=C2\C(=O)Nc3ccc(-c4ccc(OC)cc4C)cc32)c1C. The molecule has 0 aliphatic carbocycles. The van der Waals surface area contributed by atoms with Gasteiger partial charge in [0.05, 0.1) is 18.2 Å². The summed E-state index contributed by atoms with van der Waals surface area (Å²) in [4.78, 5) is 31.5. The predicted octanol–water partition coefficient (Wildman–Crippen LogP) is 5.18. The summed E-state index contributed by atoms with van der Waals surface area (Å²) < 4.78 is 5.34. The van der Waals surface area contributed by atoms with Crippen molar-refractivity contribution in [3.63, 3.8) is 0 Å². The summed E-state index contributed by atoms with van der Waals surface area (Å²) in [6, 6.07) is 12.0. The third-order valence-electron chi connectivity index (χ3n) is 7.15. The van der Waals surface area contributed by atoms with Gasteiger partial charge in [0.1, 0.15) is 5.75 Å². The van der Waals surface area contributed by atoms with Crippen LogP contribution in [0.5, 0.6) is 5.75 Å². The van der Waals surface area contributed by atoms with Crippen LogP contribution in [-0.4, -0.2) is 55.0 Å². The number of hydrogen-bond acceptors (Lipinski definition) is 4. The Morgan fingerprint density at radius 3 is 2.49 bits per heavy atom. The lowest BCUT2D eigenvalue weighted by Crippen LogP contribution is -2.35. The fourth-order valence-electron chi connectivity index (χ4n) is 4.95. The molecule has 1 aromatic heterocycles. The number of carbonyl (C=O) groups is 2. The van der Waals surface area contributed by atoms with Crippen LogP contribution in [0.4, 0.5) is 5.69 Å². The first-order chi connectivity index (χ1) is 17.8. The molecule has 0 bridgehead atoms. The van der Waals surface area contributed by atoms with Gasteiger partial charge in [-0.2, -0.15) is 0 Å². The van der Waals surface area contributed by atoms with Crippen LogP contribution in [0.2, 0.25) is 0 Å². The third-order valence-corrected chi connectivity index (χ3v) is 7.15. The first kappa shape index (κ1) is 26.2. The van der Waals surface area contributed by atoms with E-state index in [-0.39, 0.29) is 11.8 Å². The number of amides is 2. The summed E-state index contributed by atoms with van der Waals surface area (Å²) in [5, 5.41) is 6.01. The second-order valence-corrected chi connectivity index (χ2v) is 9.40. The Kier molecular flexibility index (Phi) is 7.83. The van der Waals surface area contributed by atoms with Gasteiger partial charge >= 0.3 is 0 Å². The second kappa shape index (κ2) is 11.0. The van der Waals surface area contributed by atoms with Crippen LogP contribution in [0, 0.1) is 20.8 Å². The predicted molar refractivity (Wildman–Crippen MR) is 150 cm³/mol. The van der Waals surface area contributed by atoms with E-state index in [1.807, 2.05) is 63.2 Å². The van der Waals surface area contributed by atoms with Gasteiger partial charge in [0.25, 0.3) is 11.8 Å². The average molecular weight is 501 g/mol. The Hall–Kier alpha value is -3.84. The summed E-state index contributed by atoms with van der Waals surface area (Å²) >= 11 is 0. The van der Waals surface area contributed by atoms with E-state index in [9.17, 15) is 9.59 Å². The number of aromatic nitrogens is 1. The van der Waals surface area contributed by atoms with Crippen molar-refractivity contribution in [1.29, 1.82) is 0 Å². The molecule has 0 atom stereocenters. The van der Waals surface area contributed by atoms with Gasteiger partial charge in [-0.25, -0.2) is 0 Å². The lowest BCUT2D eigenvalue weighted by Gasteiger charge is -2.18. The van der Waals surface area contributed by atoms with E-state index < -0.39 is 0 Å². The van der Waals surface area contributed by atoms with Gasteiger partial charge in [-0.05, 0) is 86.5 Å². The van der Waals surface area contributed by atoms with E-state index in [0.717, 1.165) is 70.3 Å². The molecule has 3 N–H and O–H groups in total. The van der Waals surface area contributed by atoms with Crippen molar-refractivity contribution >= 4 is 29.2 Å². The standard InChI is InChI=1S/C30H36N4O3/c1-7-34(8-2)14-13-31-30(36)28-19(4)27(32-20(28)5)17-25-24-16-21(9-12-26(24)33-29(25)35)23-11-10-22(37-6)15-18(23)3/h9-12,15-17,32H,7-8,13-14H2,1-6H3,(H,31,36)(H,33,35)/b25-17-. The summed E-state index contributed by atoms with van der Waals surface area (Å²) in [5.74, 6) is 0.553. The van der Waals surface area contributed by atoms with E-state index in [1.165, 1.54) is 0 Å². The number of nitrogens with one attached hydrogen (secondary N) is 3. The molecule has 7 nitrogen and oxygen atoms in total. The number of nitrogens with zero attached hydrogens (tertiary/aromatic N) is 1. The number of aryl methyl sites for hydroxylation is 2. The summed E-state index contributed by atoms with van der Waals surface area (Å²) in [5.41, 5.74) is 8.39. The van der Waals surface area contributed by atoms with E-state index in [4.69, 9.17) is 4.74 Å². The molecule has 37 heavy (non-hydrogen) atoms. The number of anilines is 1. The molecule has 2 amide bonds. The Bertz CT molecular complexity index is 1370. The Morgan fingerprint density at radius 2 is 1.81 bits per heavy atom. The zero-order valence-corrected chi connectivity index (χ0v) is 22.5. The largest absolute Gasteiger partial charge is 0.497 e. The minimum Gasteiger partial charge on any atom is -0.497 e. The molecule has 2 heterocycles. The number of rotatable bonds is 9. The van der Waals surface area contributed by atoms with Gasteiger partial charge in [-0.15, -0.1) is 0 Å². The van der Waals surface area contributed by atoms with Crippen LogP contribution in [0.1, 0.15) is 52.3 Å². The van der Waals surface area contributed by atoms with Crippen LogP contribution < -0.4 is 15.4 Å². The van der Waals surface area contributed by atoms with E-state index in [2.05, 4.69) is 34.4 Å². The lowest BCUT2D eigenvalue weighted by molar-refractivity contribution is -0.110. The van der Waals surface area contributed by atoms with E-state index in [0.29, 0.717) is 17.7 Å². The smallest absolute Gasteiger partial charge is 0.256 e. The molecule has 0 unspecified atom stereocenters. The highest BCUT2D eigenvalue weighted by molar-refractivity contribution is 6.35. The number of benzene rings is 2. The van der Waals surface area contributed by atoms with Crippen molar-refractivity contribution in [2.24, 2.45) is 0 Å². The van der Waals surface area contributed by atoms with Gasteiger partial charge in [-0.1, -0.05) is 26.0 Å². The maximum atomic E-state index is 13.0. The molecule has 4 rings (SSSR count). The van der Waals surface area contributed by atoms with Crippen LogP contribution in [-0.2, 0) is 4.79 Å². The van der Waals surface area contributed by atoms with Crippen LogP contribution >= 0.6 is 0 Å². The van der Waals surface area contributed by atoms with Crippen molar-refractivity contribution in [2.45, 2.75) is 34.6 Å². The molecule has 1 aliphatic rings. The number of ether oxygens (including phenoxy) is 1. The molecule has 0 saturated heterocycles. The van der Waals surface area contributed by atoms with E-state index >= 15 is 0 Å². The fourth-order valence-corrected chi connectivity index (χ4v) is 4.95. The van der Waals surface area contributed by atoms with Crippen LogP contribution in [0.15, 0.2) is 36.4 Å². The van der Waals surface area contributed by atoms with Crippen molar-refractivity contribution in [3.8, 4) is 16.9 Å². The third kappa shape index (κ3) is 5.32. The van der Waals surface area contributed by atoms with Gasteiger partial charge in [0.15, 0.2) is 0 Å². The number of hydrogen-bond donors (Lipinski definition) is 3. The quantitative estimate of drug-likeness (QED) is 0.354. The van der Waals surface area contributed by atoms with E-state index in [1.54, 1.807) is 7.11 Å². The maximum absolute atomic E-state index is 13.0. The minimum atomic E-state index is -0.157. The average Bonchev–Trinajstić information content (AvgIpc) is 3.35. The molecule has 7 heteroatoms. The van der Waals surface area contributed by atoms with Crippen molar-refractivity contribution in [3.05, 3.63) is 70.0 Å². The molecule has 3 aromatic rings. The molecule has 0 spiro atoms. The number of carbonyl (C=O) groups excluding carboxylic acids is 2. The molecule has 1 aliphatic heterocycles. The first-order valence-electron chi connectivity index (χ1n) is 12.8. The molecule has 0 fully saturated rings. The molecular formula is C30H36N4O3.